The van der Waals surface area contributed by atoms with Crippen LogP contribution in [0, 0.1) is 5.92 Å². The molecule has 0 aromatic rings. The quantitative estimate of drug-likeness (QED) is 0.753. The van der Waals surface area contributed by atoms with Gasteiger partial charge in [-0.2, -0.15) is 0 Å². The van der Waals surface area contributed by atoms with Crippen molar-refractivity contribution in [3.63, 3.8) is 0 Å². The van der Waals surface area contributed by atoms with Gasteiger partial charge in [0.05, 0.1) is 5.75 Å². The SMILES string of the molecule is O=C(CCC1CCCCCCCCCCC1=O)C1=C(O)CSC1=O. The first-order valence-electron chi connectivity index (χ1n) is 9.24. The van der Waals surface area contributed by atoms with Crippen molar-refractivity contribution < 1.29 is 19.5 Å². The molecule has 0 bridgehead atoms. The van der Waals surface area contributed by atoms with Gasteiger partial charge in [0.25, 0.3) is 0 Å². The predicted molar refractivity (Wildman–Crippen MR) is 96.0 cm³/mol. The summed E-state index contributed by atoms with van der Waals surface area (Å²) in [7, 11) is 0. The van der Waals surface area contributed by atoms with E-state index < -0.39 is 0 Å². The summed E-state index contributed by atoms with van der Waals surface area (Å²) >= 11 is 0.968. The molecule has 2 aliphatic rings. The molecule has 5 heteroatoms. The standard InChI is InChI=1S/C19H28O4S/c20-15-10-8-6-4-2-1-3-5-7-9-14(15)11-12-16(21)18-17(22)13-24-19(18)23/h14,22H,1-13H2. The lowest BCUT2D eigenvalue weighted by atomic mass is 9.87. The molecule has 0 aromatic carbocycles. The summed E-state index contributed by atoms with van der Waals surface area (Å²) in [5.74, 6) is -0.00200. The Hall–Kier alpha value is -1.10. The Morgan fingerprint density at radius 1 is 1.00 bits per heavy atom. The third-order valence-electron chi connectivity index (χ3n) is 5.01. The van der Waals surface area contributed by atoms with Crippen molar-refractivity contribution in [2.24, 2.45) is 5.92 Å². The van der Waals surface area contributed by atoms with Crippen LogP contribution < -0.4 is 0 Å². The van der Waals surface area contributed by atoms with E-state index in [0.717, 1.165) is 43.9 Å². The molecule has 1 N–H and O–H groups in total. The summed E-state index contributed by atoms with van der Waals surface area (Å²) in [6.07, 6.45) is 11.4. The number of aliphatic hydroxyl groups excluding tert-OH is 1. The third kappa shape index (κ3) is 5.76. The summed E-state index contributed by atoms with van der Waals surface area (Å²) in [6.45, 7) is 0. The van der Waals surface area contributed by atoms with E-state index in [1.807, 2.05) is 0 Å². The fraction of sp³-hybridized carbons (Fsp3) is 0.737. The van der Waals surface area contributed by atoms with E-state index in [1.165, 1.54) is 25.7 Å². The van der Waals surface area contributed by atoms with Crippen LogP contribution in [0.5, 0.6) is 0 Å². The Labute approximate surface area is 148 Å². The van der Waals surface area contributed by atoms with Gasteiger partial charge in [0.2, 0.25) is 5.12 Å². The Morgan fingerprint density at radius 2 is 1.62 bits per heavy atom. The number of carbonyl (C=O) groups is 3. The molecule has 134 valence electrons. The van der Waals surface area contributed by atoms with Crippen molar-refractivity contribution in [1.82, 2.24) is 0 Å². The molecule has 2 rings (SSSR count). The van der Waals surface area contributed by atoms with Gasteiger partial charge in [-0.3, -0.25) is 14.4 Å². The zero-order valence-electron chi connectivity index (χ0n) is 14.3. The van der Waals surface area contributed by atoms with E-state index in [9.17, 15) is 19.5 Å². The molecule has 0 spiro atoms. The third-order valence-corrected chi connectivity index (χ3v) is 5.90. The van der Waals surface area contributed by atoms with Gasteiger partial charge in [-0.05, 0) is 19.3 Å². The van der Waals surface area contributed by atoms with Gasteiger partial charge in [0.1, 0.15) is 17.1 Å². The first-order chi connectivity index (χ1) is 11.6. The second-order valence-electron chi connectivity index (χ2n) is 6.89. The molecule has 0 radical (unpaired) electrons. The molecule has 1 heterocycles. The molecule has 24 heavy (non-hydrogen) atoms. The molecular weight excluding hydrogens is 324 g/mol. The lowest BCUT2D eigenvalue weighted by Crippen LogP contribution is -2.18. The number of hydrogen-bond donors (Lipinski definition) is 1. The van der Waals surface area contributed by atoms with E-state index in [2.05, 4.69) is 0 Å². The average Bonchev–Trinajstić information content (AvgIpc) is 2.88. The molecule has 0 saturated heterocycles. The summed E-state index contributed by atoms with van der Waals surface area (Å²) in [5.41, 5.74) is -0.0411. The van der Waals surface area contributed by atoms with Crippen molar-refractivity contribution in [2.45, 2.75) is 77.0 Å². The molecular formula is C19H28O4S. The molecule has 0 aromatic heterocycles. The minimum atomic E-state index is -0.331. The number of Topliss-reactive ketones (excluding diaryl/α,β-unsaturated/α-hetero) is 2. The van der Waals surface area contributed by atoms with Gasteiger partial charge < -0.3 is 5.11 Å². The molecule has 1 aliphatic heterocycles. The van der Waals surface area contributed by atoms with Crippen LogP contribution in [-0.4, -0.2) is 27.5 Å². The monoisotopic (exact) mass is 352 g/mol. The van der Waals surface area contributed by atoms with Crippen LogP contribution in [0.25, 0.3) is 0 Å². The zero-order chi connectivity index (χ0) is 17.4. The lowest BCUT2D eigenvalue weighted by Gasteiger charge is -2.16. The molecule has 4 nitrogen and oxygen atoms in total. The van der Waals surface area contributed by atoms with Crippen LogP contribution in [0.4, 0.5) is 0 Å². The van der Waals surface area contributed by atoms with E-state index >= 15 is 0 Å². The van der Waals surface area contributed by atoms with Crippen molar-refractivity contribution in [3.05, 3.63) is 11.3 Å². The second-order valence-corrected chi connectivity index (χ2v) is 7.84. The van der Waals surface area contributed by atoms with Gasteiger partial charge >= 0.3 is 0 Å². The van der Waals surface area contributed by atoms with Gasteiger partial charge in [0, 0.05) is 18.8 Å². The fourth-order valence-corrected chi connectivity index (χ4v) is 4.31. The molecule has 0 amide bonds. The number of carbonyl (C=O) groups excluding carboxylic acids is 3. The minimum absolute atomic E-state index is 0.0411. The van der Waals surface area contributed by atoms with Crippen LogP contribution in [0.1, 0.15) is 77.0 Å². The van der Waals surface area contributed by atoms with Crippen LogP contribution in [0.3, 0.4) is 0 Å². The molecule has 1 aliphatic carbocycles. The second kappa shape index (κ2) is 10.0. The smallest absolute Gasteiger partial charge is 0.226 e. The Balaban J connectivity index is 1.89. The van der Waals surface area contributed by atoms with Crippen LogP contribution in [0.2, 0.25) is 0 Å². The summed E-state index contributed by atoms with van der Waals surface area (Å²) < 4.78 is 0. The highest BCUT2D eigenvalue weighted by Gasteiger charge is 2.30. The summed E-state index contributed by atoms with van der Waals surface area (Å²) in [6, 6.07) is 0. The highest BCUT2D eigenvalue weighted by molar-refractivity contribution is 8.14. The van der Waals surface area contributed by atoms with Gasteiger partial charge in [-0.25, -0.2) is 0 Å². The normalized spacial score (nSPS) is 24.6. The number of aliphatic hydroxyl groups is 1. The van der Waals surface area contributed by atoms with E-state index in [1.54, 1.807) is 0 Å². The van der Waals surface area contributed by atoms with Crippen LogP contribution in [0.15, 0.2) is 11.3 Å². The topological polar surface area (TPSA) is 71.4 Å². The van der Waals surface area contributed by atoms with E-state index in [-0.39, 0.29) is 46.1 Å². The largest absolute Gasteiger partial charge is 0.510 e. The van der Waals surface area contributed by atoms with Crippen LogP contribution in [-0.2, 0) is 14.4 Å². The summed E-state index contributed by atoms with van der Waals surface area (Å²) in [4.78, 5) is 36.3. The van der Waals surface area contributed by atoms with Gasteiger partial charge in [-0.15, -0.1) is 0 Å². The zero-order valence-corrected chi connectivity index (χ0v) is 15.2. The van der Waals surface area contributed by atoms with E-state index in [4.69, 9.17) is 0 Å². The Morgan fingerprint density at radius 3 is 2.25 bits per heavy atom. The van der Waals surface area contributed by atoms with Gasteiger partial charge in [-0.1, -0.05) is 56.7 Å². The number of rotatable bonds is 4. The maximum Gasteiger partial charge on any atom is 0.226 e. The molecule has 1 fully saturated rings. The summed E-state index contributed by atoms with van der Waals surface area (Å²) in [5, 5.41) is 9.35. The first-order valence-corrected chi connectivity index (χ1v) is 10.2. The average molecular weight is 352 g/mol. The highest BCUT2D eigenvalue weighted by atomic mass is 32.2. The first kappa shape index (κ1) is 19.2. The number of thioether (sulfide) groups is 1. The highest BCUT2D eigenvalue weighted by Crippen LogP contribution is 2.28. The van der Waals surface area contributed by atoms with Gasteiger partial charge in [0.15, 0.2) is 5.78 Å². The predicted octanol–water partition coefficient (Wildman–Crippen LogP) is 4.52. The molecule has 1 saturated carbocycles. The van der Waals surface area contributed by atoms with Crippen molar-refractivity contribution >= 4 is 28.4 Å². The van der Waals surface area contributed by atoms with Crippen molar-refractivity contribution in [2.75, 3.05) is 5.75 Å². The van der Waals surface area contributed by atoms with Crippen molar-refractivity contribution in [3.8, 4) is 0 Å². The van der Waals surface area contributed by atoms with Crippen molar-refractivity contribution in [1.29, 1.82) is 0 Å². The fourth-order valence-electron chi connectivity index (χ4n) is 3.52. The molecule has 1 unspecified atom stereocenters. The number of hydrogen-bond acceptors (Lipinski definition) is 5. The Bertz CT molecular complexity index is 509. The van der Waals surface area contributed by atoms with Crippen LogP contribution >= 0.6 is 11.8 Å². The molecule has 1 atom stereocenters. The number of ketones is 2. The maximum atomic E-state index is 12.4. The Kier molecular flexibility index (Phi) is 8.03. The maximum absolute atomic E-state index is 12.4. The van der Waals surface area contributed by atoms with E-state index in [0.29, 0.717) is 12.8 Å². The minimum Gasteiger partial charge on any atom is -0.510 e. The lowest BCUT2D eigenvalue weighted by molar-refractivity contribution is -0.123.